The van der Waals surface area contributed by atoms with E-state index in [-0.39, 0.29) is 19.0 Å². The van der Waals surface area contributed by atoms with E-state index >= 15 is 0 Å². The number of rotatable bonds is 10. The highest BCUT2D eigenvalue weighted by atomic mass is 31.2. The predicted molar refractivity (Wildman–Crippen MR) is 94.1 cm³/mol. The second-order valence-electron chi connectivity index (χ2n) is 5.63. The maximum absolute atomic E-state index is 13.5. The molecular weight excluding hydrogens is 346 g/mol. The minimum absolute atomic E-state index is 0.290. The first-order valence-corrected chi connectivity index (χ1v) is 9.93. The van der Waals surface area contributed by atoms with Crippen molar-refractivity contribution in [3.8, 4) is 0 Å². The van der Waals surface area contributed by atoms with Gasteiger partial charge in [0.25, 0.3) is 0 Å². The van der Waals surface area contributed by atoms with Crippen LogP contribution >= 0.6 is 7.60 Å². The largest absolute Gasteiger partial charge is 0.360 e. The highest BCUT2D eigenvalue weighted by Crippen LogP contribution is 2.61. The number of aryl methyl sites for hydroxylation is 1. The highest BCUT2D eigenvalue weighted by Gasteiger charge is 2.38. The van der Waals surface area contributed by atoms with Crippen molar-refractivity contribution in [1.82, 2.24) is 5.16 Å². The fourth-order valence-electron chi connectivity index (χ4n) is 2.19. The zero-order chi connectivity index (χ0) is 18.3. The van der Waals surface area contributed by atoms with Gasteiger partial charge in [-0.2, -0.15) is 0 Å². The van der Waals surface area contributed by atoms with Gasteiger partial charge in [-0.05, 0) is 37.5 Å². The fraction of sp³-hybridized carbons (Fsp3) is 0.471. The van der Waals surface area contributed by atoms with Crippen LogP contribution in [-0.2, 0) is 13.6 Å². The smallest absolute Gasteiger partial charge is 0.357 e. The summed E-state index contributed by atoms with van der Waals surface area (Å²) in [6, 6.07) is 7.40. The van der Waals surface area contributed by atoms with Gasteiger partial charge in [-0.3, -0.25) is 4.57 Å². The summed E-state index contributed by atoms with van der Waals surface area (Å²) in [5.41, 5.74) is 0.581. The second-order valence-corrected chi connectivity index (χ2v) is 7.74. The maximum atomic E-state index is 13.5. The summed E-state index contributed by atoms with van der Waals surface area (Å²) in [5, 5.41) is 6.93. The van der Waals surface area contributed by atoms with Gasteiger partial charge >= 0.3 is 7.60 Å². The van der Waals surface area contributed by atoms with Crippen molar-refractivity contribution in [2.24, 2.45) is 0 Å². The van der Waals surface area contributed by atoms with Gasteiger partial charge in [-0.1, -0.05) is 31.1 Å². The lowest BCUT2D eigenvalue weighted by molar-refractivity contribution is 0.199. The quantitative estimate of drug-likeness (QED) is 0.574. The molecule has 0 aliphatic carbocycles. The van der Waals surface area contributed by atoms with Crippen LogP contribution in [0.5, 0.6) is 0 Å². The molecule has 0 saturated heterocycles. The molecule has 0 radical (unpaired) electrons. The monoisotopic (exact) mass is 370 g/mol. The Hall–Kier alpha value is -1.69. The normalized spacial score (nSPS) is 13.0. The van der Waals surface area contributed by atoms with Crippen molar-refractivity contribution < 1.29 is 22.5 Å². The van der Waals surface area contributed by atoms with E-state index < -0.39 is 13.4 Å². The van der Waals surface area contributed by atoms with Crippen LogP contribution in [0.2, 0.25) is 0 Å². The molecule has 0 fully saturated rings. The van der Waals surface area contributed by atoms with E-state index in [1.807, 2.05) is 13.8 Å². The number of halogens is 1. The molecule has 0 saturated carbocycles. The number of hydrogen-bond acceptors (Lipinski definition) is 6. The van der Waals surface area contributed by atoms with Crippen LogP contribution in [0.25, 0.3) is 0 Å². The Kier molecular flexibility index (Phi) is 7.17. The Morgan fingerprint density at radius 1 is 1.20 bits per heavy atom. The molecule has 8 heteroatoms. The van der Waals surface area contributed by atoms with Crippen LogP contribution in [-0.4, -0.2) is 18.4 Å². The molecule has 25 heavy (non-hydrogen) atoms. The maximum Gasteiger partial charge on any atom is 0.357 e. The van der Waals surface area contributed by atoms with Crippen molar-refractivity contribution in [2.75, 3.05) is 18.5 Å². The van der Waals surface area contributed by atoms with E-state index in [0.29, 0.717) is 30.0 Å². The third kappa shape index (κ3) is 5.39. The molecule has 0 spiro atoms. The van der Waals surface area contributed by atoms with Crippen molar-refractivity contribution in [3.63, 3.8) is 0 Å². The molecule has 1 atom stereocenters. The first-order chi connectivity index (χ1) is 12.0. The highest BCUT2D eigenvalue weighted by molar-refractivity contribution is 7.54. The zero-order valence-corrected chi connectivity index (χ0v) is 15.6. The van der Waals surface area contributed by atoms with Gasteiger partial charge in [-0.25, -0.2) is 4.39 Å². The molecule has 1 aromatic carbocycles. The van der Waals surface area contributed by atoms with Gasteiger partial charge in [0.05, 0.1) is 13.2 Å². The van der Waals surface area contributed by atoms with E-state index in [1.54, 1.807) is 25.1 Å². The van der Waals surface area contributed by atoms with Gasteiger partial charge in [0, 0.05) is 6.07 Å². The van der Waals surface area contributed by atoms with E-state index in [1.165, 1.54) is 12.1 Å². The van der Waals surface area contributed by atoms with E-state index in [0.717, 1.165) is 0 Å². The standard InChI is InChI=1S/C17H24FN2O4P/c1-4-10-22-25(21,23-11-5-2)17(14-6-8-15(18)9-7-14)19-16-12-13(3)24-20-16/h6-9,12,17H,4-5,10-11H2,1-3H3,(H,19,20). The third-order valence-electron chi connectivity index (χ3n) is 3.37. The average Bonchev–Trinajstić information content (AvgIpc) is 3.02. The number of nitrogens with zero attached hydrogens (tertiary/aromatic N) is 1. The van der Waals surface area contributed by atoms with Gasteiger partial charge in [0.1, 0.15) is 11.6 Å². The van der Waals surface area contributed by atoms with Crippen LogP contribution in [0.3, 0.4) is 0 Å². The lowest BCUT2D eigenvalue weighted by atomic mass is 10.2. The Bertz CT molecular complexity index is 693. The SMILES string of the molecule is CCCOP(=O)(OCCC)C(Nc1cc(C)on1)c1ccc(F)cc1. The number of nitrogens with one attached hydrogen (secondary N) is 1. The summed E-state index contributed by atoms with van der Waals surface area (Å²) < 4.78 is 43.1. The first kappa shape index (κ1) is 19.6. The van der Waals surface area contributed by atoms with Gasteiger partial charge in [0.2, 0.25) is 0 Å². The van der Waals surface area contributed by atoms with Crippen LogP contribution in [0, 0.1) is 12.7 Å². The van der Waals surface area contributed by atoms with Crippen LogP contribution in [0.4, 0.5) is 10.2 Å². The minimum Gasteiger partial charge on any atom is -0.360 e. The first-order valence-electron chi connectivity index (χ1n) is 8.32. The van der Waals surface area contributed by atoms with Crippen molar-refractivity contribution in [1.29, 1.82) is 0 Å². The molecule has 0 bridgehead atoms. The Labute approximate surface area is 147 Å². The molecule has 0 aliphatic heterocycles. The minimum atomic E-state index is -3.57. The molecule has 1 N–H and O–H groups in total. The summed E-state index contributed by atoms with van der Waals surface area (Å²) in [5.74, 6) is -0.180. The van der Waals surface area contributed by atoms with Crippen molar-refractivity contribution in [2.45, 2.75) is 39.4 Å². The number of hydrogen-bond donors (Lipinski definition) is 1. The molecule has 2 aromatic rings. The Morgan fingerprint density at radius 3 is 2.28 bits per heavy atom. The molecular formula is C17H24FN2O4P. The molecule has 1 unspecified atom stereocenters. The lowest BCUT2D eigenvalue weighted by Gasteiger charge is -2.27. The molecule has 0 aliphatic rings. The van der Waals surface area contributed by atoms with E-state index in [4.69, 9.17) is 13.6 Å². The lowest BCUT2D eigenvalue weighted by Crippen LogP contribution is -2.16. The second kappa shape index (κ2) is 9.13. The molecule has 0 amide bonds. The summed E-state index contributed by atoms with van der Waals surface area (Å²) in [7, 11) is -3.57. The molecule has 1 aromatic heterocycles. The number of aromatic nitrogens is 1. The van der Waals surface area contributed by atoms with Crippen LogP contribution in [0.1, 0.15) is 43.8 Å². The molecule has 6 nitrogen and oxygen atoms in total. The predicted octanol–water partition coefficient (Wildman–Crippen LogP) is 5.28. The Balaban J connectivity index is 2.38. The van der Waals surface area contributed by atoms with E-state index in [2.05, 4.69) is 10.5 Å². The van der Waals surface area contributed by atoms with Crippen LogP contribution < -0.4 is 5.32 Å². The average molecular weight is 370 g/mol. The van der Waals surface area contributed by atoms with Crippen molar-refractivity contribution >= 4 is 13.4 Å². The summed E-state index contributed by atoms with van der Waals surface area (Å²) >= 11 is 0. The number of benzene rings is 1. The van der Waals surface area contributed by atoms with Gasteiger partial charge in [-0.15, -0.1) is 0 Å². The number of anilines is 1. The Morgan fingerprint density at radius 2 is 1.80 bits per heavy atom. The fourth-order valence-corrected chi connectivity index (χ4v) is 4.26. The molecule has 2 rings (SSSR count). The molecule has 138 valence electrons. The topological polar surface area (TPSA) is 73.6 Å². The van der Waals surface area contributed by atoms with Crippen LogP contribution in [0.15, 0.2) is 34.9 Å². The van der Waals surface area contributed by atoms with Gasteiger partial charge < -0.3 is 18.9 Å². The summed E-state index contributed by atoms with van der Waals surface area (Å²) in [6.07, 6.45) is 1.39. The summed E-state index contributed by atoms with van der Waals surface area (Å²) in [6.45, 7) is 6.18. The third-order valence-corrected chi connectivity index (χ3v) is 5.51. The van der Waals surface area contributed by atoms with E-state index in [9.17, 15) is 8.96 Å². The van der Waals surface area contributed by atoms with Gasteiger partial charge in [0.15, 0.2) is 11.6 Å². The zero-order valence-electron chi connectivity index (χ0n) is 14.7. The summed E-state index contributed by atoms with van der Waals surface area (Å²) in [4.78, 5) is 0. The molecule has 1 heterocycles. The van der Waals surface area contributed by atoms with Crippen molar-refractivity contribution in [3.05, 3.63) is 47.5 Å².